The normalized spacial score (nSPS) is 9.55. The fourth-order valence-electron chi connectivity index (χ4n) is 0.617. The lowest BCUT2D eigenvalue weighted by molar-refractivity contribution is 0.0688. The van der Waals surface area contributed by atoms with Gasteiger partial charge < -0.3 is 5.11 Å². The molecule has 1 heterocycles. The minimum Gasteiger partial charge on any atom is -0.477 e. The lowest BCUT2D eigenvalue weighted by atomic mass is 10.3. The van der Waals surface area contributed by atoms with Gasteiger partial charge in [-0.3, -0.25) is 8.88 Å². The van der Waals surface area contributed by atoms with Crippen molar-refractivity contribution < 1.29 is 9.90 Å². The van der Waals surface area contributed by atoms with Crippen molar-refractivity contribution in [3.05, 3.63) is 34.2 Å². The smallest absolute Gasteiger partial charge is 0.353 e. The SMILES string of the molecule is O=C(O)c1cc(=O)ccn1Cl. The number of aromatic carboxylic acids is 1. The summed E-state index contributed by atoms with van der Waals surface area (Å²) >= 11 is 5.39. The third kappa shape index (κ3) is 1.59. The van der Waals surface area contributed by atoms with Gasteiger partial charge in [0.15, 0.2) is 5.43 Å². The first kappa shape index (κ1) is 7.81. The summed E-state index contributed by atoms with van der Waals surface area (Å²) in [6, 6.07) is 2.13. The van der Waals surface area contributed by atoms with Crippen LogP contribution in [0.3, 0.4) is 0 Å². The van der Waals surface area contributed by atoms with Crippen LogP contribution in [0.2, 0.25) is 0 Å². The molecule has 1 aromatic heterocycles. The van der Waals surface area contributed by atoms with E-state index >= 15 is 0 Å². The number of carboxylic acid groups (broad SMARTS) is 1. The van der Waals surface area contributed by atoms with Gasteiger partial charge in [0, 0.05) is 30.1 Å². The Hall–Kier alpha value is -1.29. The van der Waals surface area contributed by atoms with Crippen LogP contribution in [0, 0.1) is 0 Å². The molecule has 1 rings (SSSR count). The van der Waals surface area contributed by atoms with Gasteiger partial charge in [-0.05, 0) is 0 Å². The molecule has 0 atom stereocenters. The lowest BCUT2D eigenvalue weighted by Crippen LogP contribution is -2.10. The molecule has 0 radical (unpaired) electrons. The van der Waals surface area contributed by atoms with Crippen molar-refractivity contribution in [1.82, 2.24) is 4.09 Å². The van der Waals surface area contributed by atoms with Gasteiger partial charge in [-0.2, -0.15) is 0 Å². The van der Waals surface area contributed by atoms with E-state index in [0.29, 0.717) is 0 Å². The summed E-state index contributed by atoms with van der Waals surface area (Å²) in [4.78, 5) is 20.9. The van der Waals surface area contributed by atoms with E-state index in [1.165, 1.54) is 12.3 Å². The van der Waals surface area contributed by atoms with Gasteiger partial charge in [-0.1, -0.05) is 0 Å². The number of hydrogen-bond acceptors (Lipinski definition) is 2. The van der Waals surface area contributed by atoms with Gasteiger partial charge in [0.1, 0.15) is 5.69 Å². The van der Waals surface area contributed by atoms with Crippen LogP contribution in [0.25, 0.3) is 0 Å². The van der Waals surface area contributed by atoms with Crippen molar-refractivity contribution in [1.29, 1.82) is 0 Å². The molecular weight excluding hydrogens is 170 g/mol. The van der Waals surface area contributed by atoms with Crippen LogP contribution < -0.4 is 5.43 Å². The Morgan fingerprint density at radius 3 is 2.73 bits per heavy atom. The number of halogens is 1. The van der Waals surface area contributed by atoms with E-state index in [9.17, 15) is 9.59 Å². The van der Waals surface area contributed by atoms with Gasteiger partial charge in [0.2, 0.25) is 0 Å². The maximum absolute atomic E-state index is 10.6. The highest BCUT2D eigenvalue weighted by atomic mass is 35.5. The standard InChI is InChI=1S/C6H4ClNO3/c7-8-2-1-4(9)3-5(8)6(10)11/h1-3H,(H,10,11). The largest absolute Gasteiger partial charge is 0.477 e. The van der Waals surface area contributed by atoms with E-state index in [-0.39, 0.29) is 11.1 Å². The second kappa shape index (κ2) is 2.75. The quantitative estimate of drug-likeness (QED) is 0.675. The molecular formula is C6H4ClNO3. The molecule has 5 heteroatoms. The highest BCUT2D eigenvalue weighted by molar-refractivity contribution is 6.17. The molecule has 0 aromatic carbocycles. The predicted molar refractivity (Wildman–Crippen MR) is 38.9 cm³/mol. The van der Waals surface area contributed by atoms with E-state index in [1.807, 2.05) is 0 Å². The molecule has 0 spiro atoms. The second-order valence-corrected chi connectivity index (χ2v) is 2.23. The topological polar surface area (TPSA) is 59.3 Å². The van der Waals surface area contributed by atoms with E-state index < -0.39 is 5.97 Å². The number of carbonyl (C=O) groups is 1. The molecule has 0 aliphatic heterocycles. The van der Waals surface area contributed by atoms with Gasteiger partial charge in [-0.25, -0.2) is 4.79 Å². The number of aromatic nitrogens is 1. The Balaban J connectivity index is 3.35. The molecule has 0 amide bonds. The predicted octanol–water partition coefficient (Wildman–Crippen LogP) is 0.548. The van der Waals surface area contributed by atoms with Crippen molar-refractivity contribution in [3.8, 4) is 0 Å². The van der Waals surface area contributed by atoms with E-state index in [2.05, 4.69) is 0 Å². The number of carboxylic acids is 1. The molecule has 0 bridgehead atoms. The minimum atomic E-state index is -1.22. The molecule has 0 unspecified atom stereocenters. The Morgan fingerprint density at radius 1 is 1.64 bits per heavy atom. The first-order valence-corrected chi connectivity index (χ1v) is 3.07. The maximum atomic E-state index is 10.6. The Morgan fingerprint density at radius 2 is 2.27 bits per heavy atom. The molecule has 0 aliphatic carbocycles. The fourth-order valence-corrected chi connectivity index (χ4v) is 0.794. The average molecular weight is 174 g/mol. The molecule has 0 saturated heterocycles. The minimum absolute atomic E-state index is 0.237. The zero-order valence-electron chi connectivity index (χ0n) is 5.32. The third-order valence-corrected chi connectivity index (χ3v) is 1.39. The molecule has 58 valence electrons. The highest BCUT2D eigenvalue weighted by Crippen LogP contribution is 1.97. The second-order valence-electron chi connectivity index (χ2n) is 1.86. The number of hydrogen-bond donors (Lipinski definition) is 1. The molecule has 1 aromatic rings. The Bertz CT molecular complexity index is 344. The highest BCUT2D eigenvalue weighted by Gasteiger charge is 2.06. The van der Waals surface area contributed by atoms with Crippen molar-refractivity contribution in [3.63, 3.8) is 0 Å². The average Bonchev–Trinajstić information content (AvgIpc) is 1.94. The molecule has 0 aliphatic rings. The molecule has 11 heavy (non-hydrogen) atoms. The summed E-state index contributed by atoms with van der Waals surface area (Å²) in [5.74, 6) is -1.22. The van der Waals surface area contributed by atoms with Crippen LogP contribution in [0.5, 0.6) is 0 Å². The third-order valence-electron chi connectivity index (χ3n) is 1.10. The molecule has 4 nitrogen and oxygen atoms in total. The number of pyridine rings is 1. The number of nitrogens with zero attached hydrogens (tertiary/aromatic N) is 1. The zero-order valence-corrected chi connectivity index (χ0v) is 6.08. The molecule has 1 N–H and O–H groups in total. The summed E-state index contributed by atoms with van der Waals surface area (Å²) in [6.45, 7) is 0. The summed E-state index contributed by atoms with van der Waals surface area (Å²) < 4.78 is 0.851. The Kier molecular flexibility index (Phi) is 1.96. The van der Waals surface area contributed by atoms with Gasteiger partial charge >= 0.3 is 5.97 Å². The van der Waals surface area contributed by atoms with Crippen molar-refractivity contribution in [2.45, 2.75) is 0 Å². The summed E-state index contributed by atoms with van der Waals surface area (Å²) in [7, 11) is 0. The number of rotatable bonds is 1. The first-order chi connectivity index (χ1) is 5.11. The van der Waals surface area contributed by atoms with Crippen LogP contribution in [-0.4, -0.2) is 15.2 Å². The monoisotopic (exact) mass is 173 g/mol. The molecule has 0 saturated carbocycles. The van der Waals surface area contributed by atoms with Crippen LogP contribution >= 0.6 is 11.8 Å². The fraction of sp³-hybridized carbons (Fsp3) is 0. The van der Waals surface area contributed by atoms with Gasteiger partial charge in [0.25, 0.3) is 0 Å². The van der Waals surface area contributed by atoms with Crippen LogP contribution in [0.4, 0.5) is 0 Å². The van der Waals surface area contributed by atoms with E-state index in [0.717, 1.165) is 10.2 Å². The van der Waals surface area contributed by atoms with Gasteiger partial charge in [-0.15, -0.1) is 0 Å². The summed E-state index contributed by atoms with van der Waals surface area (Å²) in [5, 5.41) is 8.45. The first-order valence-electron chi connectivity index (χ1n) is 2.73. The van der Waals surface area contributed by atoms with Gasteiger partial charge in [0.05, 0.1) is 0 Å². The van der Waals surface area contributed by atoms with Crippen molar-refractivity contribution >= 4 is 17.7 Å². The zero-order chi connectivity index (χ0) is 8.43. The van der Waals surface area contributed by atoms with Crippen LogP contribution in [0.15, 0.2) is 23.1 Å². The summed E-state index contributed by atoms with van der Waals surface area (Å²) in [6.07, 6.45) is 1.19. The van der Waals surface area contributed by atoms with Crippen LogP contribution in [0.1, 0.15) is 10.5 Å². The van der Waals surface area contributed by atoms with Crippen molar-refractivity contribution in [2.24, 2.45) is 0 Å². The molecule has 0 fully saturated rings. The Labute approximate surface area is 66.8 Å². The van der Waals surface area contributed by atoms with E-state index in [4.69, 9.17) is 16.9 Å². The lowest BCUT2D eigenvalue weighted by Gasteiger charge is -1.97. The van der Waals surface area contributed by atoms with Crippen molar-refractivity contribution in [2.75, 3.05) is 0 Å². The maximum Gasteiger partial charge on any atom is 0.353 e. The van der Waals surface area contributed by atoms with E-state index in [1.54, 1.807) is 0 Å². The van der Waals surface area contributed by atoms with Crippen LogP contribution in [-0.2, 0) is 0 Å². The summed E-state index contributed by atoms with van der Waals surface area (Å²) in [5.41, 5.74) is -0.613.